The van der Waals surface area contributed by atoms with Gasteiger partial charge in [0.2, 0.25) is 0 Å². The summed E-state index contributed by atoms with van der Waals surface area (Å²) in [5, 5.41) is 4.36. The molecule has 3 aromatic rings. The van der Waals surface area contributed by atoms with Crippen LogP contribution in [0.3, 0.4) is 0 Å². The SMILES string of the molecule is CCn1cc2c3c(cccc31)CN(C(=O)Nc1cccc(C)c1)CC2. The quantitative estimate of drug-likeness (QED) is 0.733. The van der Waals surface area contributed by atoms with Crippen LogP contribution in [0, 0.1) is 6.92 Å². The minimum atomic E-state index is -0.0314. The van der Waals surface area contributed by atoms with Crippen LogP contribution < -0.4 is 5.32 Å². The van der Waals surface area contributed by atoms with Gasteiger partial charge in [-0.05, 0) is 55.2 Å². The van der Waals surface area contributed by atoms with Crippen LogP contribution in [0.1, 0.15) is 23.6 Å². The van der Waals surface area contributed by atoms with Crippen molar-refractivity contribution in [1.29, 1.82) is 0 Å². The molecule has 0 bridgehead atoms. The highest BCUT2D eigenvalue weighted by Gasteiger charge is 2.22. The zero-order chi connectivity index (χ0) is 17.4. The number of hydrogen-bond acceptors (Lipinski definition) is 1. The maximum absolute atomic E-state index is 12.8. The van der Waals surface area contributed by atoms with E-state index in [9.17, 15) is 4.79 Å². The molecule has 1 N–H and O–H groups in total. The average Bonchev–Trinajstić information content (AvgIpc) is 2.85. The van der Waals surface area contributed by atoms with Gasteiger partial charge in [-0.1, -0.05) is 24.3 Å². The monoisotopic (exact) mass is 333 g/mol. The van der Waals surface area contributed by atoms with Crippen LogP contribution in [0.15, 0.2) is 48.7 Å². The van der Waals surface area contributed by atoms with Gasteiger partial charge in [0.1, 0.15) is 0 Å². The minimum Gasteiger partial charge on any atom is -0.347 e. The molecule has 0 atom stereocenters. The van der Waals surface area contributed by atoms with E-state index in [1.54, 1.807) is 0 Å². The molecule has 2 amide bonds. The molecule has 2 aromatic carbocycles. The van der Waals surface area contributed by atoms with E-state index >= 15 is 0 Å². The van der Waals surface area contributed by atoms with Crippen LogP contribution in [-0.2, 0) is 19.5 Å². The van der Waals surface area contributed by atoms with E-state index in [2.05, 4.69) is 41.2 Å². The second-order valence-electron chi connectivity index (χ2n) is 6.72. The molecule has 0 radical (unpaired) electrons. The van der Waals surface area contributed by atoms with E-state index in [0.717, 1.165) is 30.8 Å². The molecule has 1 aliphatic rings. The Labute approximate surface area is 148 Å². The van der Waals surface area contributed by atoms with Gasteiger partial charge in [0, 0.05) is 42.4 Å². The van der Waals surface area contributed by atoms with Crippen molar-refractivity contribution in [3.63, 3.8) is 0 Å². The molecule has 4 rings (SSSR count). The van der Waals surface area contributed by atoms with Crippen molar-refractivity contribution >= 4 is 22.6 Å². The minimum absolute atomic E-state index is 0.0314. The highest BCUT2D eigenvalue weighted by Crippen LogP contribution is 2.29. The van der Waals surface area contributed by atoms with Gasteiger partial charge >= 0.3 is 6.03 Å². The molecular weight excluding hydrogens is 310 g/mol. The van der Waals surface area contributed by atoms with Crippen LogP contribution in [-0.4, -0.2) is 22.0 Å². The van der Waals surface area contributed by atoms with Crippen LogP contribution in [0.4, 0.5) is 10.5 Å². The Balaban J connectivity index is 1.61. The molecule has 1 aliphatic heterocycles. The van der Waals surface area contributed by atoms with Crippen LogP contribution in [0.25, 0.3) is 10.9 Å². The molecule has 0 saturated heterocycles. The van der Waals surface area contributed by atoms with E-state index < -0.39 is 0 Å². The number of nitrogens with one attached hydrogen (secondary N) is 1. The van der Waals surface area contributed by atoms with Crippen molar-refractivity contribution in [3.8, 4) is 0 Å². The normalized spacial score (nSPS) is 13.8. The maximum Gasteiger partial charge on any atom is 0.322 e. The first-order chi connectivity index (χ1) is 12.2. The lowest BCUT2D eigenvalue weighted by molar-refractivity contribution is 0.210. The topological polar surface area (TPSA) is 37.3 Å². The molecule has 0 fully saturated rings. The second-order valence-corrected chi connectivity index (χ2v) is 6.72. The van der Waals surface area contributed by atoms with Gasteiger partial charge < -0.3 is 14.8 Å². The number of benzene rings is 2. The molecule has 0 saturated carbocycles. The third-order valence-electron chi connectivity index (χ3n) is 4.98. The smallest absolute Gasteiger partial charge is 0.322 e. The first kappa shape index (κ1) is 15.8. The van der Waals surface area contributed by atoms with E-state index in [1.807, 2.05) is 36.1 Å². The Hall–Kier alpha value is -2.75. The Bertz CT molecular complexity index is 941. The number of carbonyl (C=O) groups excluding carboxylic acids is 1. The molecule has 1 aromatic heterocycles. The summed E-state index contributed by atoms with van der Waals surface area (Å²) in [6.45, 7) is 6.55. The van der Waals surface area contributed by atoms with Crippen molar-refractivity contribution in [2.45, 2.75) is 33.4 Å². The summed E-state index contributed by atoms with van der Waals surface area (Å²) in [4.78, 5) is 14.7. The number of nitrogens with zero attached hydrogens (tertiary/aromatic N) is 2. The molecule has 4 nitrogen and oxygen atoms in total. The van der Waals surface area contributed by atoms with Crippen molar-refractivity contribution in [3.05, 3.63) is 65.4 Å². The number of anilines is 1. The lowest BCUT2D eigenvalue weighted by Crippen LogP contribution is -2.35. The van der Waals surface area contributed by atoms with Crippen molar-refractivity contribution in [2.75, 3.05) is 11.9 Å². The molecule has 0 aliphatic carbocycles. The fourth-order valence-electron chi connectivity index (χ4n) is 3.74. The van der Waals surface area contributed by atoms with Gasteiger partial charge in [-0.15, -0.1) is 0 Å². The van der Waals surface area contributed by atoms with Crippen molar-refractivity contribution in [2.24, 2.45) is 0 Å². The van der Waals surface area contributed by atoms with Gasteiger partial charge in [0.25, 0.3) is 0 Å². The first-order valence-corrected chi connectivity index (χ1v) is 8.88. The Kier molecular flexibility index (Phi) is 3.96. The van der Waals surface area contributed by atoms with E-state index in [1.165, 1.54) is 22.0 Å². The highest BCUT2D eigenvalue weighted by atomic mass is 16.2. The lowest BCUT2D eigenvalue weighted by Gasteiger charge is -2.22. The largest absolute Gasteiger partial charge is 0.347 e. The number of carbonyl (C=O) groups is 1. The fourth-order valence-corrected chi connectivity index (χ4v) is 3.74. The summed E-state index contributed by atoms with van der Waals surface area (Å²) in [5.74, 6) is 0. The average molecular weight is 333 g/mol. The Morgan fingerprint density at radius 2 is 2.00 bits per heavy atom. The number of hydrogen-bond donors (Lipinski definition) is 1. The zero-order valence-electron chi connectivity index (χ0n) is 14.7. The summed E-state index contributed by atoms with van der Waals surface area (Å²) >= 11 is 0. The second kappa shape index (κ2) is 6.28. The van der Waals surface area contributed by atoms with Gasteiger partial charge in [-0.3, -0.25) is 0 Å². The third-order valence-corrected chi connectivity index (χ3v) is 4.98. The lowest BCUT2D eigenvalue weighted by atomic mass is 10.1. The van der Waals surface area contributed by atoms with Crippen LogP contribution in [0.5, 0.6) is 0 Å². The molecule has 0 spiro atoms. The molecule has 128 valence electrons. The van der Waals surface area contributed by atoms with Crippen molar-refractivity contribution < 1.29 is 4.79 Å². The summed E-state index contributed by atoms with van der Waals surface area (Å²) < 4.78 is 2.30. The number of urea groups is 1. The molecule has 25 heavy (non-hydrogen) atoms. The number of aromatic nitrogens is 1. The predicted octanol–water partition coefficient (Wildman–Crippen LogP) is 4.56. The molecule has 2 heterocycles. The van der Waals surface area contributed by atoms with Crippen molar-refractivity contribution in [1.82, 2.24) is 9.47 Å². The first-order valence-electron chi connectivity index (χ1n) is 8.88. The summed E-state index contributed by atoms with van der Waals surface area (Å²) in [6, 6.07) is 14.3. The summed E-state index contributed by atoms with van der Waals surface area (Å²) in [6.07, 6.45) is 3.14. The van der Waals surface area contributed by atoms with Gasteiger partial charge in [0.05, 0.1) is 0 Å². The number of aryl methyl sites for hydroxylation is 2. The van der Waals surface area contributed by atoms with Gasteiger partial charge in [-0.25, -0.2) is 4.79 Å². The van der Waals surface area contributed by atoms with E-state index in [0.29, 0.717) is 6.54 Å². The van der Waals surface area contributed by atoms with E-state index in [-0.39, 0.29) is 6.03 Å². The van der Waals surface area contributed by atoms with E-state index in [4.69, 9.17) is 0 Å². The summed E-state index contributed by atoms with van der Waals surface area (Å²) in [7, 11) is 0. The predicted molar refractivity (Wildman–Crippen MR) is 102 cm³/mol. The molecular formula is C21H23N3O. The maximum atomic E-state index is 12.8. The number of amides is 2. The fraction of sp³-hybridized carbons (Fsp3) is 0.286. The molecule has 4 heteroatoms. The third kappa shape index (κ3) is 2.88. The zero-order valence-corrected chi connectivity index (χ0v) is 14.7. The highest BCUT2D eigenvalue weighted by molar-refractivity contribution is 5.92. The van der Waals surface area contributed by atoms with Crippen LogP contribution >= 0.6 is 0 Å². The Morgan fingerprint density at radius 3 is 2.80 bits per heavy atom. The standard InChI is InChI=1S/C21H23N3O/c1-3-23-13-17-10-11-24(14-16-7-5-9-19(23)20(16)17)21(25)22-18-8-4-6-15(2)12-18/h4-9,12-13H,3,10-11,14H2,1-2H3,(H,22,25). The van der Waals surface area contributed by atoms with Gasteiger partial charge in [0.15, 0.2) is 0 Å². The summed E-state index contributed by atoms with van der Waals surface area (Å²) in [5.41, 5.74) is 5.84. The molecule has 0 unspecified atom stereocenters. The Morgan fingerprint density at radius 1 is 1.16 bits per heavy atom. The number of rotatable bonds is 2. The van der Waals surface area contributed by atoms with Gasteiger partial charge in [-0.2, -0.15) is 0 Å². The van der Waals surface area contributed by atoms with Crippen LogP contribution in [0.2, 0.25) is 0 Å².